The van der Waals surface area contributed by atoms with Gasteiger partial charge in [0, 0.05) is 30.2 Å². The molecule has 2 aliphatic rings. The molecule has 0 bridgehead atoms. The highest BCUT2D eigenvalue weighted by molar-refractivity contribution is 7.89. The second-order valence-corrected chi connectivity index (χ2v) is 13.5. The third-order valence-corrected chi connectivity index (χ3v) is 9.57. The maximum atomic E-state index is 13.6. The Morgan fingerprint density at radius 3 is 2.49 bits per heavy atom. The van der Waals surface area contributed by atoms with Crippen molar-refractivity contribution in [2.24, 2.45) is 11.3 Å². The van der Waals surface area contributed by atoms with E-state index in [0.717, 1.165) is 10.8 Å². The van der Waals surface area contributed by atoms with Crippen LogP contribution in [-0.2, 0) is 24.4 Å². The second-order valence-electron chi connectivity index (χ2n) is 11.6. The number of anilines is 1. The summed E-state index contributed by atoms with van der Waals surface area (Å²) >= 11 is 0. The number of Topliss-reactive ketones (excluding diaryl/α,β-unsaturated/α-hetero) is 1. The zero-order chi connectivity index (χ0) is 28.5. The van der Waals surface area contributed by atoms with E-state index in [1.165, 1.54) is 4.31 Å². The minimum atomic E-state index is -4.06. The Morgan fingerprint density at radius 1 is 1.10 bits per heavy atom. The fraction of sp³-hybridized carbons (Fsp3) is 0.536. The van der Waals surface area contributed by atoms with Crippen LogP contribution in [0.2, 0.25) is 0 Å². The predicted octanol–water partition coefficient (Wildman–Crippen LogP) is 1.48. The summed E-state index contributed by atoms with van der Waals surface area (Å²) in [4.78, 5) is 39.3. The van der Waals surface area contributed by atoms with Crippen LogP contribution < -0.4 is 21.3 Å². The average molecular weight is 558 g/mol. The van der Waals surface area contributed by atoms with Crippen molar-refractivity contribution in [2.45, 2.75) is 58.3 Å². The Morgan fingerprint density at radius 2 is 1.79 bits per heavy atom. The molecule has 0 radical (unpaired) electrons. The topological polar surface area (TPSA) is 137 Å². The molecule has 5 unspecified atom stereocenters. The van der Waals surface area contributed by atoms with E-state index >= 15 is 0 Å². The molecule has 2 aromatic rings. The van der Waals surface area contributed by atoms with Crippen molar-refractivity contribution in [3.05, 3.63) is 42.5 Å². The van der Waals surface area contributed by atoms with E-state index in [4.69, 9.17) is 0 Å². The van der Waals surface area contributed by atoms with Crippen LogP contribution in [0.3, 0.4) is 0 Å². The summed E-state index contributed by atoms with van der Waals surface area (Å²) in [6, 6.07) is 11.1. The maximum absolute atomic E-state index is 13.6. The van der Waals surface area contributed by atoms with Crippen molar-refractivity contribution in [1.82, 2.24) is 20.3 Å². The number of nitrogens with one attached hydrogen (secondary N) is 4. The van der Waals surface area contributed by atoms with Crippen molar-refractivity contribution in [3.63, 3.8) is 0 Å². The van der Waals surface area contributed by atoms with Crippen LogP contribution in [0.1, 0.15) is 34.1 Å². The van der Waals surface area contributed by atoms with Gasteiger partial charge >= 0.3 is 0 Å². The van der Waals surface area contributed by atoms with Crippen molar-refractivity contribution < 1.29 is 22.8 Å². The third kappa shape index (κ3) is 6.16. The maximum Gasteiger partial charge on any atom is 0.237 e. The number of benzene rings is 2. The zero-order valence-corrected chi connectivity index (χ0v) is 24.0. The van der Waals surface area contributed by atoms with Gasteiger partial charge in [-0.3, -0.25) is 14.4 Å². The summed E-state index contributed by atoms with van der Waals surface area (Å²) < 4.78 is 28.6. The molecule has 0 aromatic heterocycles. The van der Waals surface area contributed by atoms with Gasteiger partial charge in [-0.05, 0) is 37.3 Å². The molecule has 2 aromatic carbocycles. The van der Waals surface area contributed by atoms with Gasteiger partial charge in [0.25, 0.3) is 0 Å². The minimum Gasteiger partial charge on any atom is -0.344 e. The molecule has 2 fully saturated rings. The van der Waals surface area contributed by atoms with Gasteiger partial charge in [0.2, 0.25) is 21.8 Å². The Kier molecular flexibility index (Phi) is 8.46. The number of hydrogen-bond acceptors (Lipinski definition) is 7. The first-order valence-electron chi connectivity index (χ1n) is 13.4. The largest absolute Gasteiger partial charge is 0.344 e. The van der Waals surface area contributed by atoms with Gasteiger partial charge in [0.05, 0.1) is 24.0 Å². The van der Waals surface area contributed by atoms with Crippen molar-refractivity contribution in [2.75, 3.05) is 31.2 Å². The Bertz CT molecular complexity index is 1350. The first kappa shape index (κ1) is 29.1. The number of carbonyl (C=O) groups is 3. The van der Waals surface area contributed by atoms with E-state index in [0.29, 0.717) is 18.7 Å². The molecule has 0 spiro atoms. The van der Waals surface area contributed by atoms with E-state index in [-0.39, 0.29) is 24.4 Å². The van der Waals surface area contributed by atoms with Crippen LogP contribution in [0, 0.1) is 11.3 Å². The fourth-order valence-electron chi connectivity index (χ4n) is 5.55. The van der Waals surface area contributed by atoms with Crippen LogP contribution in [0.15, 0.2) is 42.5 Å². The predicted molar refractivity (Wildman–Crippen MR) is 152 cm³/mol. The van der Waals surface area contributed by atoms with Crippen LogP contribution in [0.25, 0.3) is 10.8 Å². The highest BCUT2D eigenvalue weighted by atomic mass is 32.2. The summed E-state index contributed by atoms with van der Waals surface area (Å²) in [6.45, 7) is 7.58. The molecule has 2 saturated heterocycles. The van der Waals surface area contributed by atoms with Gasteiger partial charge in [-0.1, -0.05) is 57.2 Å². The molecule has 4 N–H and O–H groups in total. The normalized spacial score (nSPS) is 23.3. The van der Waals surface area contributed by atoms with Gasteiger partial charge in [-0.2, -0.15) is 4.31 Å². The molecule has 2 amide bonds. The van der Waals surface area contributed by atoms with Crippen LogP contribution in [-0.4, -0.2) is 80.4 Å². The van der Waals surface area contributed by atoms with Crippen molar-refractivity contribution >= 4 is 44.1 Å². The first-order chi connectivity index (χ1) is 18.3. The highest BCUT2D eigenvalue weighted by Crippen LogP contribution is 2.34. The Labute approximate surface area is 230 Å². The lowest BCUT2D eigenvalue weighted by Gasteiger charge is -2.32. The Balaban J connectivity index is 1.51. The number of nitrogens with zero attached hydrogens (tertiary/aromatic N) is 1. The van der Waals surface area contributed by atoms with Gasteiger partial charge in [0.15, 0.2) is 5.78 Å². The average Bonchev–Trinajstić information content (AvgIpc) is 3.48. The van der Waals surface area contributed by atoms with E-state index in [1.807, 2.05) is 42.5 Å². The summed E-state index contributed by atoms with van der Waals surface area (Å²) in [5, 5.41) is 13.8. The van der Waals surface area contributed by atoms with Crippen molar-refractivity contribution in [3.8, 4) is 0 Å². The van der Waals surface area contributed by atoms with Gasteiger partial charge in [0.1, 0.15) is 5.75 Å². The molecule has 212 valence electrons. The smallest absolute Gasteiger partial charge is 0.237 e. The summed E-state index contributed by atoms with van der Waals surface area (Å²) in [6.07, 6.45) is 0.551. The van der Waals surface area contributed by atoms with Gasteiger partial charge < -0.3 is 21.3 Å². The summed E-state index contributed by atoms with van der Waals surface area (Å²) in [7, 11) is -2.42. The molecule has 0 saturated carbocycles. The molecule has 2 heterocycles. The van der Waals surface area contributed by atoms with Gasteiger partial charge in [-0.15, -0.1) is 0 Å². The number of likely N-dealkylation sites (N-methyl/N-ethyl adjacent to an activating group) is 1. The lowest BCUT2D eigenvalue weighted by atomic mass is 9.84. The van der Waals surface area contributed by atoms with E-state index in [2.05, 4.69) is 21.3 Å². The molecule has 39 heavy (non-hydrogen) atoms. The summed E-state index contributed by atoms with van der Waals surface area (Å²) in [5.74, 6) is -2.58. The highest BCUT2D eigenvalue weighted by Gasteiger charge is 2.51. The quantitative estimate of drug-likeness (QED) is 0.367. The van der Waals surface area contributed by atoms with E-state index in [9.17, 15) is 22.8 Å². The number of rotatable bonds is 9. The van der Waals surface area contributed by atoms with Gasteiger partial charge in [-0.25, -0.2) is 8.42 Å². The van der Waals surface area contributed by atoms with Crippen LogP contribution in [0.5, 0.6) is 0 Å². The molecule has 11 heteroatoms. The minimum absolute atomic E-state index is 0.173. The van der Waals surface area contributed by atoms with E-state index < -0.39 is 51.0 Å². The SMILES string of the molecule is CNC(C)C(=O)NC(C(=O)CS(=O)(=O)N1CCC2NCC(C(=O)Nc3cccc4ccccc34)C21)C(C)(C)C. The van der Waals surface area contributed by atoms with Crippen LogP contribution in [0.4, 0.5) is 5.69 Å². The second kappa shape index (κ2) is 11.3. The molecule has 0 aliphatic carbocycles. The fourth-order valence-corrected chi connectivity index (χ4v) is 7.29. The molecular weight excluding hydrogens is 518 g/mol. The van der Waals surface area contributed by atoms with Crippen LogP contribution >= 0.6 is 0 Å². The number of carbonyl (C=O) groups excluding carboxylic acids is 3. The number of amides is 2. The number of fused-ring (bicyclic) bond motifs is 2. The Hall–Kier alpha value is -2.86. The molecule has 2 aliphatic heterocycles. The number of sulfonamides is 1. The molecule has 4 rings (SSSR count). The van der Waals surface area contributed by atoms with Crippen molar-refractivity contribution in [1.29, 1.82) is 0 Å². The monoisotopic (exact) mass is 557 g/mol. The summed E-state index contributed by atoms with van der Waals surface area (Å²) in [5.41, 5.74) is -0.0253. The standard InChI is InChI=1S/C28H39N5O5S/c1-17(29-5)26(35)32-25(28(2,3)4)23(34)16-39(37,38)33-14-13-22-24(33)20(15-30-22)27(36)31-21-12-8-10-18-9-6-7-11-19(18)21/h6-12,17,20,22,24-25,29-30H,13-16H2,1-5H3,(H,31,36)(H,32,35). The lowest BCUT2D eigenvalue weighted by molar-refractivity contribution is -0.129. The third-order valence-electron chi connectivity index (χ3n) is 7.78. The molecular formula is C28H39N5O5S. The number of hydrogen-bond donors (Lipinski definition) is 4. The van der Waals surface area contributed by atoms with E-state index in [1.54, 1.807) is 34.7 Å². The molecule has 10 nitrogen and oxygen atoms in total. The first-order valence-corrected chi connectivity index (χ1v) is 15.0. The number of ketones is 1. The molecule has 5 atom stereocenters. The lowest BCUT2D eigenvalue weighted by Crippen LogP contribution is -2.56. The zero-order valence-electron chi connectivity index (χ0n) is 23.2.